The highest BCUT2D eigenvalue weighted by molar-refractivity contribution is 6.31. The number of H-pyrrole nitrogens is 2. The largest absolute Gasteiger partial charge is 0.338 e. The molecule has 3 aromatic carbocycles. The second-order valence-corrected chi connectivity index (χ2v) is 8.00. The minimum atomic E-state index is -0.866. The van der Waals surface area contributed by atoms with E-state index in [9.17, 15) is 4.39 Å². The van der Waals surface area contributed by atoms with Gasteiger partial charge in [0.2, 0.25) is 0 Å². The average Bonchev–Trinajstić information content (AvgIpc) is 3.51. The molecule has 0 aliphatic rings. The van der Waals surface area contributed by atoms with E-state index in [-0.39, 0.29) is 21.4 Å². The van der Waals surface area contributed by atoms with E-state index in [4.69, 9.17) is 28.2 Å². The molecule has 2 heterocycles. The summed E-state index contributed by atoms with van der Waals surface area (Å²) in [4.78, 5) is 8.06. The number of tetrazole rings is 1. The molecular weight excluding hydrogens is 469 g/mol. The zero-order valence-corrected chi connectivity index (χ0v) is 18.2. The molecule has 0 fully saturated rings. The second-order valence-electron chi connectivity index (χ2n) is 7.19. The molecule has 0 saturated heterocycles. The molecule has 10 heteroatoms. The minimum absolute atomic E-state index is 0.0498. The molecule has 5 aromatic rings. The van der Waals surface area contributed by atoms with Gasteiger partial charge < -0.3 is 4.98 Å². The summed E-state index contributed by atoms with van der Waals surface area (Å²) < 4.78 is 29.1. The third-order valence-corrected chi connectivity index (χ3v) is 5.75. The number of imidazole rings is 1. The van der Waals surface area contributed by atoms with E-state index in [0.717, 1.165) is 5.56 Å². The summed E-state index contributed by atoms with van der Waals surface area (Å²) >= 11 is 12.1. The van der Waals surface area contributed by atoms with Crippen molar-refractivity contribution in [3.8, 4) is 22.6 Å². The maximum atomic E-state index is 15.2. The molecule has 0 bridgehead atoms. The summed E-state index contributed by atoms with van der Waals surface area (Å²) in [5.74, 6) is -1.33. The van der Waals surface area contributed by atoms with Crippen LogP contribution >= 0.6 is 23.2 Å². The average molecular weight is 483 g/mol. The third kappa shape index (κ3) is 3.99. The molecule has 2 N–H and O–H groups in total. The minimum Gasteiger partial charge on any atom is -0.338 e. The zero-order valence-electron chi connectivity index (χ0n) is 16.7. The van der Waals surface area contributed by atoms with Crippen molar-refractivity contribution >= 4 is 23.2 Å². The lowest BCUT2D eigenvalue weighted by molar-refractivity contribution is 0.602. The fraction of sp³-hybridized carbons (Fsp3) is 0.0435. The molecule has 1 unspecified atom stereocenters. The summed E-state index contributed by atoms with van der Waals surface area (Å²) in [6.07, 6.45) is 0. The van der Waals surface area contributed by atoms with Crippen LogP contribution in [0.15, 0.2) is 66.7 Å². The van der Waals surface area contributed by atoms with Crippen molar-refractivity contribution in [2.45, 2.75) is 5.92 Å². The Morgan fingerprint density at radius 3 is 2.39 bits per heavy atom. The maximum Gasteiger partial charge on any atom is 0.188 e. The van der Waals surface area contributed by atoms with Gasteiger partial charge in [0.1, 0.15) is 17.5 Å². The Balaban J connectivity index is 1.79. The Morgan fingerprint density at radius 1 is 0.848 bits per heavy atom. The summed E-state index contributed by atoms with van der Waals surface area (Å²) in [6.45, 7) is 0. The van der Waals surface area contributed by atoms with Crippen molar-refractivity contribution < 1.29 is 8.78 Å². The normalized spacial score (nSPS) is 12.1. The monoisotopic (exact) mass is 482 g/mol. The van der Waals surface area contributed by atoms with Crippen LogP contribution in [0.1, 0.15) is 23.0 Å². The molecule has 0 amide bonds. The van der Waals surface area contributed by atoms with Crippen LogP contribution in [0.4, 0.5) is 8.78 Å². The molecule has 2 aromatic heterocycles. The third-order valence-electron chi connectivity index (χ3n) is 5.17. The lowest BCUT2D eigenvalue weighted by Crippen LogP contribution is -2.10. The van der Waals surface area contributed by atoms with Gasteiger partial charge in [-0.2, -0.15) is 5.21 Å². The number of aromatic nitrogens is 6. The van der Waals surface area contributed by atoms with Crippen molar-refractivity contribution in [3.63, 3.8) is 0 Å². The molecule has 0 radical (unpaired) electrons. The maximum absolute atomic E-state index is 15.2. The van der Waals surface area contributed by atoms with Gasteiger partial charge in [-0.3, -0.25) is 0 Å². The van der Waals surface area contributed by atoms with Crippen molar-refractivity contribution in [3.05, 3.63) is 105 Å². The standard InChI is InChI=1S/C23H14Cl2F2N6/c24-15-8-4-7-14(19(15)27)18(23-30-32-33-31-23)21-20(13-9-10-17(26)16(25)11-13)28-22(29-21)12-5-2-1-3-6-12/h1-11,18H,(H,28,29)(H,30,31,32,33). The molecule has 1 atom stereocenters. The summed E-state index contributed by atoms with van der Waals surface area (Å²) in [5.41, 5.74) is 2.48. The molecule has 0 aliphatic heterocycles. The quantitative estimate of drug-likeness (QED) is 0.320. The van der Waals surface area contributed by atoms with Crippen molar-refractivity contribution in [2.24, 2.45) is 0 Å². The molecule has 0 saturated carbocycles. The first-order valence-electron chi connectivity index (χ1n) is 9.81. The van der Waals surface area contributed by atoms with Gasteiger partial charge in [-0.05, 0) is 24.3 Å². The van der Waals surface area contributed by atoms with Crippen molar-refractivity contribution in [2.75, 3.05) is 0 Å². The number of aromatic amines is 2. The molecule has 164 valence electrons. The summed E-state index contributed by atoms with van der Waals surface area (Å²) in [5, 5.41) is 14.1. The highest BCUT2D eigenvalue weighted by atomic mass is 35.5. The molecule has 33 heavy (non-hydrogen) atoms. The van der Waals surface area contributed by atoms with Gasteiger partial charge in [-0.1, -0.05) is 70.9 Å². The van der Waals surface area contributed by atoms with Gasteiger partial charge in [0.05, 0.1) is 27.4 Å². The predicted octanol–water partition coefficient (Wildman–Crippen LogP) is 6.02. The zero-order chi connectivity index (χ0) is 22.9. The smallest absolute Gasteiger partial charge is 0.188 e. The first-order chi connectivity index (χ1) is 16.0. The summed E-state index contributed by atoms with van der Waals surface area (Å²) in [7, 11) is 0. The first-order valence-corrected chi connectivity index (χ1v) is 10.6. The molecule has 0 aliphatic carbocycles. The van der Waals surface area contributed by atoms with E-state index in [2.05, 4.69) is 25.6 Å². The number of halogens is 4. The fourth-order valence-corrected chi connectivity index (χ4v) is 4.01. The first kappa shape index (κ1) is 21.2. The molecule has 6 nitrogen and oxygen atoms in total. The van der Waals surface area contributed by atoms with Gasteiger partial charge in [0, 0.05) is 16.7 Å². The van der Waals surface area contributed by atoms with Gasteiger partial charge in [-0.15, -0.1) is 10.2 Å². The molecule has 5 rings (SSSR count). The number of hydrogen-bond acceptors (Lipinski definition) is 4. The number of rotatable bonds is 5. The number of hydrogen-bond donors (Lipinski definition) is 2. The number of nitrogens with one attached hydrogen (secondary N) is 2. The van der Waals surface area contributed by atoms with E-state index in [1.165, 1.54) is 18.2 Å². The Hall–Kier alpha value is -3.62. The number of nitrogens with zero attached hydrogens (tertiary/aromatic N) is 4. The predicted molar refractivity (Wildman–Crippen MR) is 121 cm³/mol. The Kier molecular flexibility index (Phi) is 5.62. The van der Waals surface area contributed by atoms with Crippen LogP contribution in [0.3, 0.4) is 0 Å². The highest BCUT2D eigenvalue weighted by Crippen LogP contribution is 2.39. The highest BCUT2D eigenvalue weighted by Gasteiger charge is 2.31. The van der Waals surface area contributed by atoms with Crippen LogP contribution in [0.2, 0.25) is 10.0 Å². The van der Waals surface area contributed by atoms with E-state index in [1.54, 1.807) is 18.2 Å². The van der Waals surface area contributed by atoms with E-state index >= 15 is 4.39 Å². The molecular formula is C23H14Cl2F2N6. The molecule has 0 spiro atoms. The van der Waals surface area contributed by atoms with Gasteiger partial charge in [0.15, 0.2) is 5.82 Å². The van der Waals surface area contributed by atoms with Crippen LogP contribution in [0.25, 0.3) is 22.6 Å². The van der Waals surface area contributed by atoms with Crippen LogP contribution in [0.5, 0.6) is 0 Å². The summed E-state index contributed by atoms with van der Waals surface area (Å²) in [6, 6.07) is 18.4. The lowest BCUT2D eigenvalue weighted by atomic mass is 9.91. The topological polar surface area (TPSA) is 83.1 Å². The van der Waals surface area contributed by atoms with E-state index < -0.39 is 17.6 Å². The van der Waals surface area contributed by atoms with Gasteiger partial charge in [-0.25, -0.2) is 13.8 Å². The number of benzene rings is 3. The SMILES string of the molecule is Fc1ccc(-c2[nH]c(-c3ccccc3)nc2C(c2nn[nH]n2)c2cccc(Cl)c2F)cc1Cl. The lowest BCUT2D eigenvalue weighted by Gasteiger charge is -2.15. The second kappa shape index (κ2) is 8.73. The van der Waals surface area contributed by atoms with Crippen LogP contribution in [-0.4, -0.2) is 30.6 Å². The van der Waals surface area contributed by atoms with Crippen LogP contribution in [0, 0.1) is 11.6 Å². The van der Waals surface area contributed by atoms with Gasteiger partial charge >= 0.3 is 0 Å². The van der Waals surface area contributed by atoms with E-state index in [0.29, 0.717) is 22.8 Å². The van der Waals surface area contributed by atoms with Crippen molar-refractivity contribution in [1.82, 2.24) is 30.6 Å². The Bertz CT molecular complexity index is 1420. The van der Waals surface area contributed by atoms with E-state index in [1.807, 2.05) is 30.3 Å². The Morgan fingerprint density at radius 2 is 1.67 bits per heavy atom. The fourth-order valence-electron chi connectivity index (χ4n) is 3.64. The Labute approximate surface area is 196 Å². The van der Waals surface area contributed by atoms with Gasteiger partial charge in [0.25, 0.3) is 0 Å². The van der Waals surface area contributed by atoms with Crippen molar-refractivity contribution in [1.29, 1.82) is 0 Å². The van der Waals surface area contributed by atoms with Crippen LogP contribution < -0.4 is 0 Å². The van der Waals surface area contributed by atoms with Crippen LogP contribution in [-0.2, 0) is 0 Å².